The summed E-state index contributed by atoms with van der Waals surface area (Å²) in [5, 5.41) is 8.38. The van der Waals surface area contributed by atoms with E-state index in [0.29, 0.717) is 6.29 Å². The fourth-order valence-electron chi connectivity index (χ4n) is 0.125. The van der Waals surface area contributed by atoms with Gasteiger partial charge >= 0.3 is 0 Å². The Morgan fingerprint density at radius 2 is 2.38 bits per heavy atom. The Bertz CT molecular complexity index is 82.1. The number of thiol groups is 1. The first-order chi connectivity index (χ1) is 3.68. The van der Waals surface area contributed by atoms with E-state index in [2.05, 4.69) is 12.6 Å². The smallest absolute Gasteiger partial charge is 0.143 e. The quantitative estimate of drug-likeness (QED) is 0.336. The largest absolute Gasteiger partial charge is 0.394 e. The van der Waals surface area contributed by atoms with E-state index >= 15 is 0 Å². The fourth-order valence-corrected chi connectivity index (χ4v) is 0.299. The van der Waals surface area contributed by atoms with Gasteiger partial charge < -0.3 is 15.6 Å². The van der Waals surface area contributed by atoms with Crippen LogP contribution in [-0.2, 0) is 4.79 Å². The van der Waals surface area contributed by atoms with E-state index in [-0.39, 0.29) is 12.4 Å². The van der Waals surface area contributed by atoms with Gasteiger partial charge in [-0.2, -0.15) is 12.6 Å². The van der Waals surface area contributed by atoms with Crippen LogP contribution in [0.3, 0.4) is 0 Å². The van der Waals surface area contributed by atoms with Gasteiger partial charge in [-0.25, -0.2) is 0 Å². The number of nitrogens with two attached hydrogens (primary N) is 1. The van der Waals surface area contributed by atoms with E-state index in [9.17, 15) is 4.79 Å². The van der Waals surface area contributed by atoms with Gasteiger partial charge in [0.1, 0.15) is 11.8 Å². The normalized spacial score (nSPS) is 17.4. The van der Waals surface area contributed by atoms with Crippen molar-refractivity contribution in [3.8, 4) is 0 Å². The van der Waals surface area contributed by atoms with Crippen molar-refractivity contribution in [1.29, 1.82) is 0 Å². The summed E-state index contributed by atoms with van der Waals surface area (Å²) >= 11 is 3.75. The lowest BCUT2D eigenvalue weighted by molar-refractivity contribution is -0.112. The van der Waals surface area contributed by atoms with E-state index < -0.39 is 5.54 Å². The Morgan fingerprint density at radius 1 is 1.88 bits per heavy atom. The van der Waals surface area contributed by atoms with Gasteiger partial charge in [0.05, 0.1) is 6.61 Å². The summed E-state index contributed by atoms with van der Waals surface area (Å²) in [7, 11) is 0. The van der Waals surface area contributed by atoms with E-state index in [1.807, 2.05) is 0 Å². The minimum atomic E-state index is -1.14. The third kappa shape index (κ3) is 1.81. The van der Waals surface area contributed by atoms with E-state index in [4.69, 9.17) is 10.8 Å². The van der Waals surface area contributed by atoms with Gasteiger partial charge in [-0.15, -0.1) is 0 Å². The lowest BCUT2D eigenvalue weighted by Crippen LogP contribution is -2.47. The first-order valence-electron chi connectivity index (χ1n) is 2.15. The van der Waals surface area contributed by atoms with Crippen molar-refractivity contribution in [2.45, 2.75) is 5.54 Å². The van der Waals surface area contributed by atoms with E-state index in [0.717, 1.165) is 0 Å². The average Bonchev–Trinajstić information content (AvgIpc) is 1.87. The number of hydrogen-bond acceptors (Lipinski definition) is 4. The molecule has 0 aliphatic carbocycles. The van der Waals surface area contributed by atoms with Crippen LogP contribution in [0.1, 0.15) is 0 Å². The first kappa shape index (κ1) is 7.94. The molecule has 3 nitrogen and oxygen atoms in total. The van der Waals surface area contributed by atoms with Crippen molar-refractivity contribution in [2.75, 3.05) is 12.4 Å². The van der Waals surface area contributed by atoms with Crippen molar-refractivity contribution in [1.82, 2.24) is 0 Å². The summed E-state index contributed by atoms with van der Waals surface area (Å²) in [5.41, 5.74) is 4.07. The van der Waals surface area contributed by atoms with Crippen molar-refractivity contribution in [2.24, 2.45) is 5.73 Å². The van der Waals surface area contributed by atoms with Crippen molar-refractivity contribution >= 4 is 18.9 Å². The summed E-state index contributed by atoms with van der Waals surface area (Å²) in [5.74, 6) is 0.174. The summed E-state index contributed by atoms with van der Waals surface area (Å²) in [6, 6.07) is 0. The zero-order chi connectivity index (χ0) is 6.62. The number of carbonyl (C=O) groups is 1. The molecule has 0 amide bonds. The summed E-state index contributed by atoms with van der Waals surface area (Å²) in [6.07, 6.45) is 0.500. The number of aliphatic hydroxyl groups excluding tert-OH is 1. The molecule has 0 aromatic heterocycles. The Kier molecular flexibility index (Phi) is 3.04. The third-order valence-electron chi connectivity index (χ3n) is 0.823. The van der Waals surface area contributed by atoms with Crippen LogP contribution in [0.25, 0.3) is 0 Å². The van der Waals surface area contributed by atoms with Crippen molar-refractivity contribution in [3.05, 3.63) is 0 Å². The molecule has 1 atom stereocenters. The highest BCUT2D eigenvalue weighted by Gasteiger charge is 2.19. The predicted molar refractivity (Wildman–Crippen MR) is 33.9 cm³/mol. The van der Waals surface area contributed by atoms with Crippen molar-refractivity contribution < 1.29 is 9.90 Å². The van der Waals surface area contributed by atoms with Gasteiger partial charge in [-0.05, 0) is 0 Å². The molecule has 0 fully saturated rings. The minimum absolute atomic E-state index is 0.174. The van der Waals surface area contributed by atoms with Crippen LogP contribution >= 0.6 is 12.6 Å². The zero-order valence-corrected chi connectivity index (χ0v) is 5.27. The van der Waals surface area contributed by atoms with Gasteiger partial charge in [0.15, 0.2) is 0 Å². The molecular weight excluding hydrogens is 126 g/mol. The summed E-state index contributed by atoms with van der Waals surface area (Å²) < 4.78 is 0. The van der Waals surface area contributed by atoms with Crippen LogP contribution in [0, 0.1) is 0 Å². The summed E-state index contributed by atoms with van der Waals surface area (Å²) in [6.45, 7) is -0.347. The molecule has 0 radical (unpaired) electrons. The average molecular weight is 135 g/mol. The molecule has 0 spiro atoms. The van der Waals surface area contributed by atoms with Crippen LogP contribution in [0.15, 0.2) is 0 Å². The highest BCUT2D eigenvalue weighted by atomic mass is 32.1. The maximum atomic E-state index is 9.96. The molecule has 8 heavy (non-hydrogen) atoms. The van der Waals surface area contributed by atoms with Gasteiger partial charge in [0, 0.05) is 5.75 Å². The second kappa shape index (κ2) is 3.06. The minimum Gasteiger partial charge on any atom is -0.394 e. The SMILES string of the molecule is N[C@](C=O)(CO)CS. The van der Waals surface area contributed by atoms with Gasteiger partial charge in [0.25, 0.3) is 0 Å². The molecule has 0 aliphatic rings. The molecule has 0 saturated carbocycles. The molecule has 0 saturated heterocycles. The monoisotopic (exact) mass is 135 g/mol. The Balaban J connectivity index is 3.76. The van der Waals surface area contributed by atoms with Gasteiger partial charge in [0.2, 0.25) is 0 Å². The number of aliphatic hydroxyl groups is 1. The topological polar surface area (TPSA) is 63.3 Å². The second-order valence-corrected chi connectivity index (χ2v) is 1.98. The fraction of sp³-hybridized carbons (Fsp3) is 0.750. The number of carbonyl (C=O) groups excluding carboxylic acids is 1. The molecule has 0 unspecified atom stereocenters. The van der Waals surface area contributed by atoms with Crippen LogP contribution < -0.4 is 5.73 Å². The predicted octanol–water partition coefficient (Wildman–Crippen LogP) is -1.20. The molecule has 3 N–H and O–H groups in total. The molecule has 0 bridgehead atoms. The first-order valence-corrected chi connectivity index (χ1v) is 2.79. The standard InChI is InChI=1S/C4H9NO2S/c5-4(1-6,2-7)3-8/h1,7-8H,2-3,5H2/t4-/m1/s1. The lowest BCUT2D eigenvalue weighted by atomic mass is 10.1. The number of rotatable bonds is 3. The molecular formula is C4H9NO2S. The van der Waals surface area contributed by atoms with Crippen molar-refractivity contribution in [3.63, 3.8) is 0 Å². The highest BCUT2D eigenvalue weighted by Crippen LogP contribution is 1.95. The van der Waals surface area contributed by atoms with Crippen LogP contribution in [-0.4, -0.2) is 29.3 Å². The molecule has 0 heterocycles. The molecule has 0 aliphatic heterocycles. The van der Waals surface area contributed by atoms with Crippen LogP contribution in [0.5, 0.6) is 0 Å². The van der Waals surface area contributed by atoms with Gasteiger partial charge in [-0.1, -0.05) is 0 Å². The third-order valence-corrected chi connectivity index (χ3v) is 1.41. The molecule has 0 aromatic rings. The lowest BCUT2D eigenvalue weighted by Gasteiger charge is -2.15. The second-order valence-electron chi connectivity index (χ2n) is 1.67. The van der Waals surface area contributed by atoms with Gasteiger partial charge in [-0.3, -0.25) is 0 Å². The summed E-state index contributed by atoms with van der Waals surface area (Å²) in [4.78, 5) is 9.96. The molecule has 0 aromatic carbocycles. The van der Waals surface area contributed by atoms with E-state index in [1.54, 1.807) is 0 Å². The maximum Gasteiger partial charge on any atom is 0.143 e. The number of aldehydes is 1. The van der Waals surface area contributed by atoms with Crippen LogP contribution in [0.2, 0.25) is 0 Å². The Hall–Kier alpha value is -0.0600. The molecule has 4 heteroatoms. The molecule has 48 valence electrons. The highest BCUT2D eigenvalue weighted by molar-refractivity contribution is 7.80. The maximum absolute atomic E-state index is 9.96. The Labute approximate surface area is 53.3 Å². The zero-order valence-electron chi connectivity index (χ0n) is 4.37. The number of hydrogen-bond donors (Lipinski definition) is 3. The van der Waals surface area contributed by atoms with Crippen LogP contribution in [0.4, 0.5) is 0 Å². The van der Waals surface area contributed by atoms with E-state index in [1.165, 1.54) is 0 Å². The Morgan fingerprint density at radius 3 is 2.38 bits per heavy atom. The molecule has 0 rings (SSSR count).